The average molecular weight is 362 g/mol. The van der Waals surface area contributed by atoms with E-state index in [9.17, 15) is 0 Å². The molecule has 0 fully saturated rings. The fourth-order valence-electron chi connectivity index (χ4n) is 2.10. The van der Waals surface area contributed by atoms with Gasteiger partial charge in [-0.3, -0.25) is 0 Å². The molecule has 3 aromatic rings. The van der Waals surface area contributed by atoms with Crippen molar-refractivity contribution in [2.24, 2.45) is 0 Å². The van der Waals surface area contributed by atoms with Gasteiger partial charge in [-0.1, -0.05) is 64.5 Å². The zero-order valence-electron chi connectivity index (χ0n) is 9.53. The largest absolute Gasteiger partial charge is 0.0622 e. The third kappa shape index (κ3) is 2.11. The van der Waals surface area contributed by atoms with Crippen molar-refractivity contribution >= 4 is 42.6 Å². The number of halogens is 2. The van der Waals surface area contributed by atoms with Crippen LogP contribution in [0.5, 0.6) is 0 Å². The molecule has 0 bridgehead atoms. The topological polar surface area (TPSA) is 0 Å². The van der Waals surface area contributed by atoms with Crippen molar-refractivity contribution in [2.75, 3.05) is 0 Å². The summed E-state index contributed by atoms with van der Waals surface area (Å²) in [6.45, 7) is 0. The van der Waals surface area contributed by atoms with Crippen LogP contribution in [0.4, 0.5) is 0 Å². The Labute approximate surface area is 123 Å². The van der Waals surface area contributed by atoms with Crippen LogP contribution < -0.4 is 0 Å². The van der Waals surface area contributed by atoms with Gasteiger partial charge in [0.05, 0.1) is 0 Å². The number of hydrogen-bond acceptors (Lipinski definition) is 0. The normalized spacial score (nSPS) is 10.8. The molecule has 3 rings (SSSR count). The van der Waals surface area contributed by atoms with Gasteiger partial charge in [-0.05, 0) is 50.0 Å². The molecular formula is C16H10Br2. The highest BCUT2D eigenvalue weighted by molar-refractivity contribution is 9.11. The van der Waals surface area contributed by atoms with Crippen molar-refractivity contribution in [3.8, 4) is 11.1 Å². The Morgan fingerprint density at radius 3 is 2.28 bits per heavy atom. The van der Waals surface area contributed by atoms with E-state index in [0.29, 0.717) is 0 Å². The molecule has 0 aliphatic carbocycles. The number of fused-ring (bicyclic) bond motifs is 1. The molecule has 0 unspecified atom stereocenters. The molecule has 0 N–H and O–H groups in total. The van der Waals surface area contributed by atoms with Crippen molar-refractivity contribution in [1.82, 2.24) is 0 Å². The van der Waals surface area contributed by atoms with E-state index in [2.05, 4.69) is 86.5 Å². The Morgan fingerprint density at radius 2 is 1.50 bits per heavy atom. The first-order valence-electron chi connectivity index (χ1n) is 5.69. The van der Waals surface area contributed by atoms with E-state index in [0.717, 1.165) is 8.95 Å². The van der Waals surface area contributed by atoms with Gasteiger partial charge in [-0.2, -0.15) is 0 Å². The zero-order valence-corrected chi connectivity index (χ0v) is 12.7. The first-order valence-corrected chi connectivity index (χ1v) is 7.27. The highest BCUT2D eigenvalue weighted by Crippen LogP contribution is 2.35. The molecular weight excluding hydrogens is 352 g/mol. The molecule has 0 nitrogen and oxygen atoms in total. The molecule has 0 radical (unpaired) electrons. The van der Waals surface area contributed by atoms with Crippen LogP contribution in [0.15, 0.2) is 69.6 Å². The highest BCUT2D eigenvalue weighted by atomic mass is 79.9. The predicted molar refractivity (Wildman–Crippen MR) is 84.8 cm³/mol. The van der Waals surface area contributed by atoms with E-state index in [-0.39, 0.29) is 0 Å². The SMILES string of the molecule is Brc1ccc2c(Br)c(-c3ccccc3)ccc2c1. The van der Waals surface area contributed by atoms with Gasteiger partial charge in [-0.15, -0.1) is 0 Å². The second-order valence-corrected chi connectivity index (χ2v) is 5.87. The van der Waals surface area contributed by atoms with Gasteiger partial charge in [-0.25, -0.2) is 0 Å². The van der Waals surface area contributed by atoms with Crippen molar-refractivity contribution in [3.05, 3.63) is 69.6 Å². The number of rotatable bonds is 1. The van der Waals surface area contributed by atoms with Crippen molar-refractivity contribution in [3.63, 3.8) is 0 Å². The number of hydrogen-bond donors (Lipinski definition) is 0. The maximum absolute atomic E-state index is 3.73. The van der Waals surface area contributed by atoms with Gasteiger partial charge in [0.15, 0.2) is 0 Å². The Hall–Kier alpha value is -1.12. The highest BCUT2D eigenvalue weighted by Gasteiger charge is 2.06. The van der Waals surface area contributed by atoms with Crippen LogP contribution in [0.1, 0.15) is 0 Å². The first-order chi connectivity index (χ1) is 8.75. The third-order valence-corrected chi connectivity index (χ3v) is 4.35. The Bertz CT molecular complexity index is 703. The summed E-state index contributed by atoms with van der Waals surface area (Å²) in [6, 6.07) is 21.1. The quantitative estimate of drug-likeness (QED) is 0.496. The van der Waals surface area contributed by atoms with Crippen molar-refractivity contribution < 1.29 is 0 Å². The molecule has 3 aromatic carbocycles. The van der Waals surface area contributed by atoms with Crippen LogP contribution in [0.25, 0.3) is 21.9 Å². The van der Waals surface area contributed by atoms with Gasteiger partial charge in [0, 0.05) is 8.95 Å². The molecule has 18 heavy (non-hydrogen) atoms. The summed E-state index contributed by atoms with van der Waals surface area (Å²) in [4.78, 5) is 0. The molecule has 0 aromatic heterocycles. The molecule has 0 heterocycles. The Kier molecular flexibility index (Phi) is 3.23. The monoisotopic (exact) mass is 360 g/mol. The lowest BCUT2D eigenvalue weighted by atomic mass is 10.0. The van der Waals surface area contributed by atoms with Crippen LogP contribution in [0, 0.1) is 0 Å². The van der Waals surface area contributed by atoms with Gasteiger partial charge in [0.25, 0.3) is 0 Å². The minimum atomic E-state index is 1.11. The second-order valence-electron chi connectivity index (χ2n) is 4.16. The van der Waals surface area contributed by atoms with Crippen molar-refractivity contribution in [1.29, 1.82) is 0 Å². The summed E-state index contributed by atoms with van der Waals surface area (Å²) in [7, 11) is 0. The zero-order chi connectivity index (χ0) is 12.5. The molecule has 0 saturated carbocycles. The maximum atomic E-state index is 3.73. The summed E-state index contributed by atoms with van der Waals surface area (Å²) in [5.74, 6) is 0. The third-order valence-electron chi connectivity index (χ3n) is 3.00. The van der Waals surface area contributed by atoms with Crippen LogP contribution in [-0.2, 0) is 0 Å². The molecule has 88 valence electrons. The van der Waals surface area contributed by atoms with Crippen LogP contribution >= 0.6 is 31.9 Å². The first kappa shape index (κ1) is 11.9. The van der Waals surface area contributed by atoms with Crippen LogP contribution in [-0.4, -0.2) is 0 Å². The summed E-state index contributed by atoms with van der Waals surface area (Å²) >= 11 is 7.23. The lowest BCUT2D eigenvalue weighted by Gasteiger charge is -2.08. The molecule has 0 aliphatic rings. The fourth-order valence-corrected chi connectivity index (χ4v) is 3.20. The second kappa shape index (κ2) is 4.87. The minimum absolute atomic E-state index is 1.11. The lowest BCUT2D eigenvalue weighted by Crippen LogP contribution is -1.82. The predicted octanol–water partition coefficient (Wildman–Crippen LogP) is 6.03. The smallest absolute Gasteiger partial charge is 0.0332 e. The maximum Gasteiger partial charge on any atom is 0.0332 e. The van der Waals surface area contributed by atoms with E-state index in [1.54, 1.807) is 0 Å². The lowest BCUT2D eigenvalue weighted by molar-refractivity contribution is 1.61. The van der Waals surface area contributed by atoms with E-state index >= 15 is 0 Å². The summed E-state index contributed by atoms with van der Waals surface area (Å²) < 4.78 is 2.26. The molecule has 0 spiro atoms. The van der Waals surface area contributed by atoms with Crippen LogP contribution in [0.3, 0.4) is 0 Å². The van der Waals surface area contributed by atoms with E-state index in [1.165, 1.54) is 21.9 Å². The molecule has 0 amide bonds. The Balaban J connectivity index is 2.27. The van der Waals surface area contributed by atoms with Crippen molar-refractivity contribution in [2.45, 2.75) is 0 Å². The minimum Gasteiger partial charge on any atom is -0.0622 e. The number of benzene rings is 3. The summed E-state index contributed by atoms with van der Waals surface area (Å²) in [6.07, 6.45) is 0. The summed E-state index contributed by atoms with van der Waals surface area (Å²) in [5.41, 5.74) is 2.46. The molecule has 0 aliphatic heterocycles. The van der Waals surface area contributed by atoms with Gasteiger partial charge in [0.2, 0.25) is 0 Å². The van der Waals surface area contributed by atoms with E-state index in [1.807, 2.05) is 6.07 Å². The average Bonchev–Trinajstić information content (AvgIpc) is 2.40. The van der Waals surface area contributed by atoms with Gasteiger partial charge >= 0.3 is 0 Å². The van der Waals surface area contributed by atoms with Crippen LogP contribution in [0.2, 0.25) is 0 Å². The van der Waals surface area contributed by atoms with Gasteiger partial charge in [0.1, 0.15) is 0 Å². The fraction of sp³-hybridized carbons (Fsp3) is 0. The van der Waals surface area contributed by atoms with Gasteiger partial charge < -0.3 is 0 Å². The molecule has 0 atom stereocenters. The Morgan fingerprint density at radius 1 is 0.722 bits per heavy atom. The molecule has 2 heteroatoms. The van der Waals surface area contributed by atoms with E-state index in [4.69, 9.17) is 0 Å². The standard InChI is InChI=1S/C16H10Br2/c17-13-7-9-15-12(10-13)6-8-14(16(15)18)11-4-2-1-3-5-11/h1-10H. The molecule has 0 saturated heterocycles. The van der Waals surface area contributed by atoms with E-state index < -0.39 is 0 Å². The summed E-state index contributed by atoms with van der Waals surface area (Å²) in [5, 5.41) is 2.47.